The van der Waals surface area contributed by atoms with Gasteiger partial charge in [-0.3, -0.25) is 4.79 Å². The number of ether oxygens (including phenoxy) is 2. The number of anilines is 1. The van der Waals surface area contributed by atoms with E-state index in [4.69, 9.17) is 9.47 Å². The summed E-state index contributed by atoms with van der Waals surface area (Å²) in [6, 6.07) is 0.225. The molecule has 6 heteroatoms. The second-order valence-electron chi connectivity index (χ2n) is 5.61. The number of rotatable bonds is 5. The molecule has 118 valence electrons. The molecule has 0 aromatic carbocycles. The van der Waals surface area contributed by atoms with E-state index in [0.717, 1.165) is 31.4 Å². The van der Waals surface area contributed by atoms with Gasteiger partial charge < -0.3 is 14.8 Å². The number of ketones is 1. The van der Waals surface area contributed by atoms with Crippen LogP contribution < -0.4 is 10.1 Å². The van der Waals surface area contributed by atoms with Gasteiger partial charge >= 0.3 is 0 Å². The molecule has 2 aliphatic rings. The number of hydrogen-bond acceptors (Lipinski definition) is 6. The molecule has 1 unspecified atom stereocenters. The van der Waals surface area contributed by atoms with E-state index in [1.54, 1.807) is 0 Å². The maximum absolute atomic E-state index is 11.7. The molecule has 1 aromatic heterocycles. The molecule has 1 fully saturated rings. The highest BCUT2D eigenvalue weighted by Gasteiger charge is 2.25. The van der Waals surface area contributed by atoms with Crippen LogP contribution in [0.3, 0.4) is 0 Å². The van der Waals surface area contributed by atoms with Crippen molar-refractivity contribution in [3.8, 4) is 5.88 Å². The van der Waals surface area contributed by atoms with Gasteiger partial charge in [0.05, 0.1) is 18.2 Å². The molecule has 1 aromatic rings. The van der Waals surface area contributed by atoms with Crippen molar-refractivity contribution in [1.82, 2.24) is 9.97 Å². The number of Topliss-reactive ketones (excluding diaryl/α,β-unsaturated/α-hetero) is 1. The molecule has 2 aliphatic heterocycles. The molecule has 6 nitrogen and oxygen atoms in total. The molecule has 1 N–H and O–H groups in total. The topological polar surface area (TPSA) is 73.3 Å². The average Bonchev–Trinajstić information content (AvgIpc) is 3.01. The second kappa shape index (κ2) is 6.87. The van der Waals surface area contributed by atoms with Crippen LogP contribution in [0.1, 0.15) is 37.6 Å². The number of hydrogen-bond donors (Lipinski definition) is 1. The van der Waals surface area contributed by atoms with E-state index in [2.05, 4.69) is 28.3 Å². The van der Waals surface area contributed by atoms with Crippen molar-refractivity contribution in [2.75, 3.05) is 25.1 Å². The lowest BCUT2D eigenvalue weighted by Gasteiger charge is -2.21. The van der Waals surface area contributed by atoms with E-state index in [0.29, 0.717) is 30.5 Å². The summed E-state index contributed by atoms with van der Waals surface area (Å²) >= 11 is 0. The maximum Gasteiger partial charge on any atom is 0.223 e. The van der Waals surface area contributed by atoms with Gasteiger partial charge in [-0.15, -0.1) is 0 Å². The van der Waals surface area contributed by atoms with Gasteiger partial charge in [0.25, 0.3) is 0 Å². The van der Waals surface area contributed by atoms with Crippen molar-refractivity contribution in [2.45, 2.75) is 38.6 Å². The smallest absolute Gasteiger partial charge is 0.223 e. The Morgan fingerprint density at radius 2 is 2.32 bits per heavy atom. The summed E-state index contributed by atoms with van der Waals surface area (Å²) in [5.74, 6) is 1.89. The zero-order valence-electron chi connectivity index (χ0n) is 12.8. The van der Waals surface area contributed by atoms with Gasteiger partial charge in [0.15, 0.2) is 11.6 Å². The Hall–Kier alpha value is -1.95. The van der Waals surface area contributed by atoms with Crippen LogP contribution >= 0.6 is 0 Å². The Balaban J connectivity index is 1.89. The summed E-state index contributed by atoms with van der Waals surface area (Å²) in [6.07, 6.45) is 7.28. The molecule has 1 saturated heterocycles. The van der Waals surface area contributed by atoms with E-state index >= 15 is 0 Å². The third kappa shape index (κ3) is 3.44. The van der Waals surface area contributed by atoms with Crippen molar-refractivity contribution >= 4 is 17.7 Å². The molecular formula is C16H21N3O3. The molecule has 0 saturated carbocycles. The van der Waals surface area contributed by atoms with Gasteiger partial charge in [0.2, 0.25) is 5.88 Å². The number of unbranched alkanes of at least 4 members (excludes halogenated alkanes) is 1. The third-order valence-electron chi connectivity index (χ3n) is 3.72. The Morgan fingerprint density at radius 1 is 1.41 bits per heavy atom. The maximum atomic E-state index is 11.7. The van der Waals surface area contributed by atoms with Gasteiger partial charge in [0.1, 0.15) is 12.4 Å². The second-order valence-corrected chi connectivity index (χ2v) is 5.61. The first-order valence-corrected chi connectivity index (χ1v) is 7.82. The lowest BCUT2D eigenvalue weighted by Crippen LogP contribution is -2.26. The molecule has 0 amide bonds. The van der Waals surface area contributed by atoms with Crippen molar-refractivity contribution in [3.63, 3.8) is 0 Å². The highest BCUT2D eigenvalue weighted by atomic mass is 16.5. The number of nitrogens with one attached hydrogen (secondary N) is 1. The molecule has 22 heavy (non-hydrogen) atoms. The summed E-state index contributed by atoms with van der Waals surface area (Å²) in [6.45, 7) is 3.63. The number of nitrogens with zero attached hydrogens (tertiary/aromatic N) is 2. The number of allylic oxidation sites excluding steroid dienone is 1. The predicted molar refractivity (Wildman–Crippen MR) is 83.0 cm³/mol. The van der Waals surface area contributed by atoms with Crippen molar-refractivity contribution in [3.05, 3.63) is 17.5 Å². The van der Waals surface area contributed by atoms with E-state index < -0.39 is 0 Å². The number of carbonyl (C=O) groups excluding carboxylic acids is 1. The van der Waals surface area contributed by atoms with Crippen LogP contribution in [0.25, 0.3) is 6.08 Å². The van der Waals surface area contributed by atoms with Gasteiger partial charge in [0, 0.05) is 13.0 Å². The fourth-order valence-electron chi connectivity index (χ4n) is 2.55. The van der Waals surface area contributed by atoms with Crippen LogP contribution in [0.4, 0.5) is 5.82 Å². The molecule has 1 atom stereocenters. The van der Waals surface area contributed by atoms with E-state index in [9.17, 15) is 4.79 Å². The first-order valence-electron chi connectivity index (χ1n) is 7.82. The van der Waals surface area contributed by atoms with Crippen LogP contribution in [0.2, 0.25) is 0 Å². The molecule has 3 heterocycles. The average molecular weight is 303 g/mol. The summed E-state index contributed by atoms with van der Waals surface area (Å²) in [5, 5.41) is 3.38. The normalized spacial score (nSPS) is 21.0. The Labute approximate surface area is 129 Å². The lowest BCUT2D eigenvalue weighted by molar-refractivity contribution is -0.121. The lowest BCUT2D eigenvalue weighted by atomic mass is 10.1. The summed E-state index contributed by atoms with van der Waals surface area (Å²) in [7, 11) is 0. The Bertz CT molecular complexity index is 580. The summed E-state index contributed by atoms with van der Waals surface area (Å²) < 4.78 is 10.9. The van der Waals surface area contributed by atoms with Gasteiger partial charge in [-0.1, -0.05) is 19.4 Å². The SMILES string of the molecule is CCC/C=C/c1nc(NC2CCOC2)c2c(n1)OCC(=O)C2. The van der Waals surface area contributed by atoms with Crippen LogP contribution in [0.15, 0.2) is 6.08 Å². The third-order valence-corrected chi connectivity index (χ3v) is 3.72. The largest absolute Gasteiger partial charge is 0.469 e. The van der Waals surface area contributed by atoms with Crippen LogP contribution in [0.5, 0.6) is 5.88 Å². The predicted octanol–water partition coefficient (Wildman–Crippen LogP) is 1.99. The van der Waals surface area contributed by atoms with Gasteiger partial charge in [-0.25, -0.2) is 4.98 Å². The quantitative estimate of drug-likeness (QED) is 0.897. The molecule has 0 spiro atoms. The summed E-state index contributed by atoms with van der Waals surface area (Å²) in [4.78, 5) is 20.6. The first kappa shape index (κ1) is 15.0. The minimum Gasteiger partial charge on any atom is -0.469 e. The van der Waals surface area contributed by atoms with Gasteiger partial charge in [-0.2, -0.15) is 4.98 Å². The Kier molecular flexibility index (Phi) is 4.68. The minimum absolute atomic E-state index is 0.0519. The minimum atomic E-state index is 0.0519. The van der Waals surface area contributed by atoms with E-state index in [-0.39, 0.29) is 18.4 Å². The molecule has 0 radical (unpaired) electrons. The molecule has 0 bridgehead atoms. The van der Waals surface area contributed by atoms with Crippen molar-refractivity contribution in [2.24, 2.45) is 0 Å². The standard InChI is InChI=1S/C16H21N3O3/c1-2-3-4-5-14-18-15(17-11-6-7-21-9-11)13-8-12(20)10-22-16(13)19-14/h4-5,11H,2-3,6-10H2,1H3,(H,17,18,19)/b5-4+. The van der Waals surface area contributed by atoms with Crippen LogP contribution in [0, 0.1) is 0 Å². The number of fused-ring (bicyclic) bond motifs is 1. The van der Waals surface area contributed by atoms with Crippen molar-refractivity contribution < 1.29 is 14.3 Å². The van der Waals surface area contributed by atoms with Gasteiger partial charge in [-0.05, 0) is 18.9 Å². The monoisotopic (exact) mass is 303 g/mol. The fourth-order valence-corrected chi connectivity index (χ4v) is 2.55. The molecule has 3 rings (SSSR count). The highest BCUT2D eigenvalue weighted by Crippen LogP contribution is 2.28. The van der Waals surface area contributed by atoms with Crippen LogP contribution in [-0.4, -0.2) is 41.6 Å². The van der Waals surface area contributed by atoms with Crippen molar-refractivity contribution in [1.29, 1.82) is 0 Å². The number of carbonyl (C=O) groups is 1. The Morgan fingerprint density at radius 3 is 3.09 bits per heavy atom. The highest BCUT2D eigenvalue weighted by molar-refractivity contribution is 5.86. The fraction of sp³-hybridized carbons (Fsp3) is 0.562. The van der Waals surface area contributed by atoms with Crippen LogP contribution in [-0.2, 0) is 16.0 Å². The van der Waals surface area contributed by atoms with E-state index in [1.165, 1.54) is 0 Å². The zero-order chi connectivity index (χ0) is 15.4. The first-order chi connectivity index (χ1) is 10.8. The van der Waals surface area contributed by atoms with E-state index in [1.807, 2.05) is 6.08 Å². The summed E-state index contributed by atoms with van der Waals surface area (Å²) in [5.41, 5.74) is 0.760. The molecule has 0 aliphatic carbocycles. The zero-order valence-corrected chi connectivity index (χ0v) is 12.8. The number of aromatic nitrogens is 2. The molecular weight excluding hydrogens is 282 g/mol.